The first-order chi connectivity index (χ1) is 13.1. The fourth-order valence-electron chi connectivity index (χ4n) is 2.32. The molecule has 0 saturated heterocycles. The van der Waals surface area contributed by atoms with Gasteiger partial charge in [-0.15, -0.1) is 0 Å². The van der Waals surface area contributed by atoms with Crippen LogP contribution in [0.3, 0.4) is 0 Å². The molecule has 0 fully saturated rings. The molecule has 0 aliphatic heterocycles. The number of nitrogens with zero attached hydrogens (tertiary/aromatic N) is 3. The third-order valence-electron chi connectivity index (χ3n) is 3.74. The third-order valence-corrected chi connectivity index (χ3v) is 3.74. The minimum atomic E-state index is -0.456. The first-order valence-corrected chi connectivity index (χ1v) is 8.07. The maximum absolute atomic E-state index is 12.3. The standard InChI is InChI=1S/C20H15N5O2/c1-13(26)14-6-8-16(9-7-14)24-19-12-22-18(11-23-19)20(27)25-17-5-3-2-4-15(17)10-21/h2-9,11-12H,1H3,(H,23,24)(H,25,27). The number of amides is 1. The van der Waals surface area contributed by atoms with Crippen molar-refractivity contribution in [3.63, 3.8) is 0 Å². The monoisotopic (exact) mass is 357 g/mol. The van der Waals surface area contributed by atoms with E-state index in [1.165, 1.54) is 19.3 Å². The molecule has 0 aliphatic rings. The summed E-state index contributed by atoms with van der Waals surface area (Å²) in [5.41, 5.74) is 2.27. The summed E-state index contributed by atoms with van der Waals surface area (Å²) < 4.78 is 0. The molecule has 7 heteroatoms. The van der Waals surface area contributed by atoms with Gasteiger partial charge in [-0.3, -0.25) is 9.59 Å². The van der Waals surface area contributed by atoms with E-state index in [2.05, 4.69) is 20.6 Å². The molecular weight excluding hydrogens is 342 g/mol. The van der Waals surface area contributed by atoms with Gasteiger partial charge in [0.1, 0.15) is 17.6 Å². The number of carbonyl (C=O) groups is 2. The van der Waals surface area contributed by atoms with Crippen LogP contribution in [-0.2, 0) is 0 Å². The first-order valence-electron chi connectivity index (χ1n) is 8.07. The van der Waals surface area contributed by atoms with E-state index < -0.39 is 5.91 Å². The lowest BCUT2D eigenvalue weighted by Crippen LogP contribution is -2.15. The molecule has 0 saturated carbocycles. The van der Waals surface area contributed by atoms with Crippen LogP contribution in [0.15, 0.2) is 60.9 Å². The quantitative estimate of drug-likeness (QED) is 0.676. The second-order valence-electron chi connectivity index (χ2n) is 5.66. The van der Waals surface area contributed by atoms with Gasteiger partial charge in [0.15, 0.2) is 5.78 Å². The molecule has 3 aromatic rings. The third kappa shape index (κ3) is 4.32. The molecule has 27 heavy (non-hydrogen) atoms. The molecule has 0 atom stereocenters. The molecule has 0 unspecified atom stereocenters. The number of hydrogen-bond donors (Lipinski definition) is 2. The van der Waals surface area contributed by atoms with Gasteiger partial charge in [-0.2, -0.15) is 5.26 Å². The molecule has 7 nitrogen and oxygen atoms in total. The maximum Gasteiger partial charge on any atom is 0.275 e. The molecule has 2 N–H and O–H groups in total. The van der Waals surface area contributed by atoms with Crippen LogP contribution < -0.4 is 10.6 Å². The van der Waals surface area contributed by atoms with E-state index in [0.29, 0.717) is 22.6 Å². The largest absolute Gasteiger partial charge is 0.339 e. The van der Waals surface area contributed by atoms with E-state index in [1.807, 2.05) is 6.07 Å². The Morgan fingerprint density at radius 1 is 1.00 bits per heavy atom. The number of nitriles is 1. The predicted octanol–water partition coefficient (Wildman–Crippen LogP) is 3.55. The molecule has 0 aliphatic carbocycles. The van der Waals surface area contributed by atoms with Crippen LogP contribution >= 0.6 is 0 Å². The second kappa shape index (κ2) is 7.89. The number of hydrogen-bond acceptors (Lipinski definition) is 6. The number of rotatable bonds is 5. The number of benzene rings is 2. The van der Waals surface area contributed by atoms with Gasteiger partial charge < -0.3 is 10.6 Å². The number of anilines is 3. The van der Waals surface area contributed by atoms with Crippen LogP contribution in [-0.4, -0.2) is 21.7 Å². The summed E-state index contributed by atoms with van der Waals surface area (Å²) in [6.07, 6.45) is 2.78. The topological polar surface area (TPSA) is 108 Å². The summed E-state index contributed by atoms with van der Waals surface area (Å²) in [6, 6.07) is 15.7. The minimum absolute atomic E-state index is 0.00493. The summed E-state index contributed by atoms with van der Waals surface area (Å²) in [5.74, 6) is -0.00297. The average molecular weight is 357 g/mol. The van der Waals surface area contributed by atoms with Crippen LogP contribution in [0, 0.1) is 11.3 Å². The Morgan fingerprint density at radius 2 is 1.74 bits per heavy atom. The van der Waals surface area contributed by atoms with E-state index in [-0.39, 0.29) is 11.5 Å². The number of ketones is 1. The first kappa shape index (κ1) is 17.8. The normalized spacial score (nSPS) is 9.93. The van der Waals surface area contributed by atoms with Gasteiger partial charge in [0.2, 0.25) is 0 Å². The van der Waals surface area contributed by atoms with Gasteiger partial charge in [-0.25, -0.2) is 9.97 Å². The Labute approximate surface area is 155 Å². The molecule has 3 rings (SSSR count). The zero-order valence-electron chi connectivity index (χ0n) is 14.4. The number of aromatic nitrogens is 2. The summed E-state index contributed by atoms with van der Waals surface area (Å²) in [5, 5.41) is 14.8. The van der Waals surface area contributed by atoms with Crippen molar-refractivity contribution in [2.45, 2.75) is 6.92 Å². The smallest absolute Gasteiger partial charge is 0.275 e. The lowest BCUT2D eigenvalue weighted by Gasteiger charge is -2.08. The molecule has 1 amide bonds. The number of Topliss-reactive ketones (excluding diaryl/α,β-unsaturated/α-hetero) is 1. The van der Waals surface area contributed by atoms with Gasteiger partial charge >= 0.3 is 0 Å². The zero-order valence-corrected chi connectivity index (χ0v) is 14.4. The van der Waals surface area contributed by atoms with Crippen LogP contribution in [0.1, 0.15) is 33.3 Å². The molecule has 0 radical (unpaired) electrons. The second-order valence-corrected chi connectivity index (χ2v) is 5.66. The van der Waals surface area contributed by atoms with E-state index in [1.54, 1.807) is 48.5 Å². The lowest BCUT2D eigenvalue weighted by atomic mass is 10.1. The van der Waals surface area contributed by atoms with Crippen molar-refractivity contribution in [2.24, 2.45) is 0 Å². The molecule has 132 valence electrons. The SMILES string of the molecule is CC(=O)c1ccc(Nc2cnc(C(=O)Nc3ccccc3C#N)cn2)cc1. The lowest BCUT2D eigenvalue weighted by molar-refractivity contribution is 0.101. The highest BCUT2D eigenvalue weighted by Gasteiger charge is 2.11. The van der Waals surface area contributed by atoms with Crippen molar-refractivity contribution in [1.82, 2.24) is 9.97 Å². The Balaban J connectivity index is 1.68. The molecule has 0 bridgehead atoms. The highest BCUT2D eigenvalue weighted by Crippen LogP contribution is 2.16. The fourth-order valence-corrected chi connectivity index (χ4v) is 2.32. The van der Waals surface area contributed by atoms with E-state index in [9.17, 15) is 9.59 Å². The van der Waals surface area contributed by atoms with E-state index in [4.69, 9.17) is 5.26 Å². The molecule has 1 aromatic heterocycles. The highest BCUT2D eigenvalue weighted by molar-refractivity contribution is 6.03. The maximum atomic E-state index is 12.3. The molecule has 1 heterocycles. The van der Waals surface area contributed by atoms with Gasteiger partial charge in [0, 0.05) is 11.3 Å². The fraction of sp³-hybridized carbons (Fsp3) is 0.0500. The summed E-state index contributed by atoms with van der Waals surface area (Å²) in [6.45, 7) is 1.51. The predicted molar refractivity (Wildman–Crippen MR) is 101 cm³/mol. The van der Waals surface area contributed by atoms with Crippen molar-refractivity contribution in [3.8, 4) is 6.07 Å². The number of para-hydroxylation sites is 1. The Bertz CT molecular complexity index is 1020. The molecule has 0 spiro atoms. The van der Waals surface area contributed by atoms with Crippen molar-refractivity contribution < 1.29 is 9.59 Å². The van der Waals surface area contributed by atoms with Gasteiger partial charge in [0.25, 0.3) is 5.91 Å². The Kier molecular flexibility index (Phi) is 5.19. The van der Waals surface area contributed by atoms with Crippen molar-refractivity contribution >= 4 is 28.9 Å². The number of carbonyl (C=O) groups excluding carboxylic acids is 2. The average Bonchev–Trinajstić information content (AvgIpc) is 2.69. The Morgan fingerprint density at radius 3 is 2.37 bits per heavy atom. The molecule has 2 aromatic carbocycles. The van der Waals surface area contributed by atoms with Gasteiger partial charge in [-0.1, -0.05) is 12.1 Å². The van der Waals surface area contributed by atoms with Gasteiger partial charge in [0.05, 0.1) is 23.6 Å². The van der Waals surface area contributed by atoms with Crippen molar-refractivity contribution in [3.05, 3.63) is 77.7 Å². The Hall–Kier alpha value is -4.05. The van der Waals surface area contributed by atoms with Crippen LogP contribution in [0.2, 0.25) is 0 Å². The van der Waals surface area contributed by atoms with Crippen LogP contribution in [0.5, 0.6) is 0 Å². The van der Waals surface area contributed by atoms with Crippen molar-refractivity contribution in [1.29, 1.82) is 5.26 Å². The summed E-state index contributed by atoms with van der Waals surface area (Å²) in [7, 11) is 0. The van der Waals surface area contributed by atoms with Crippen LogP contribution in [0.25, 0.3) is 0 Å². The van der Waals surface area contributed by atoms with E-state index in [0.717, 1.165) is 5.69 Å². The summed E-state index contributed by atoms with van der Waals surface area (Å²) >= 11 is 0. The zero-order chi connectivity index (χ0) is 19.2. The minimum Gasteiger partial charge on any atom is -0.339 e. The van der Waals surface area contributed by atoms with Gasteiger partial charge in [-0.05, 0) is 43.3 Å². The number of nitrogens with one attached hydrogen (secondary N) is 2. The van der Waals surface area contributed by atoms with Crippen molar-refractivity contribution in [2.75, 3.05) is 10.6 Å². The molecular formula is C20H15N5O2. The van der Waals surface area contributed by atoms with E-state index >= 15 is 0 Å². The highest BCUT2D eigenvalue weighted by atomic mass is 16.2. The summed E-state index contributed by atoms with van der Waals surface area (Å²) in [4.78, 5) is 31.8. The van der Waals surface area contributed by atoms with Crippen LogP contribution in [0.4, 0.5) is 17.2 Å².